The molecule has 3 heterocycles. The van der Waals surface area contributed by atoms with Crippen LogP contribution >= 0.6 is 0 Å². The largest absolute Gasteiger partial charge is 0.379 e. The number of carbonyl (C=O) groups excluding carboxylic acids is 1. The molecule has 6 unspecified atom stereocenters. The van der Waals surface area contributed by atoms with Crippen LogP contribution in [0.1, 0.15) is 25.7 Å². The monoisotopic (exact) mass is 398 g/mol. The quantitative estimate of drug-likeness (QED) is 0.496. The number of fused-ring (bicyclic) bond motifs is 1. The van der Waals surface area contributed by atoms with Gasteiger partial charge in [0.2, 0.25) is 6.29 Å². The number of ether oxygens (including phenoxy) is 3. The molecule has 9 nitrogen and oxygen atoms in total. The lowest BCUT2D eigenvalue weighted by atomic mass is 9.78. The topological polar surface area (TPSA) is 106 Å². The third-order valence-electron chi connectivity index (χ3n) is 7.06. The standard InChI is InChI=1S/C19H35N5O4/c1-26-15-10-12-13(11-16(15)27-2)21-19(22-17(12)20)24-7-5-23(6-8-24)18(25)14-4-3-9-28-14/h12-17,19,21-22H,3-11,20H2,1-2H3/p+1/t12?,13?,14-,15?,16?,17?,19?/m1/s1. The molecule has 0 radical (unpaired) electrons. The maximum Gasteiger partial charge on any atom is 0.251 e. The SMILES string of the molecule is COC1CC2[NH2+]C(N3CCN(C(=O)[C@H]4CCCO4)CC3)NC(N)C2CC1OC. The Hall–Kier alpha value is -0.810. The minimum atomic E-state index is -0.220. The maximum atomic E-state index is 12.6. The van der Waals surface area contributed by atoms with Crippen molar-refractivity contribution in [1.29, 1.82) is 0 Å². The van der Waals surface area contributed by atoms with Gasteiger partial charge in [0.25, 0.3) is 5.91 Å². The number of hydrogen-bond acceptors (Lipinski definition) is 7. The van der Waals surface area contributed by atoms with E-state index in [1.165, 1.54) is 0 Å². The number of rotatable bonds is 4. The molecule has 0 bridgehead atoms. The van der Waals surface area contributed by atoms with Gasteiger partial charge in [0.05, 0.1) is 24.4 Å². The summed E-state index contributed by atoms with van der Waals surface area (Å²) in [6.07, 6.45) is 3.81. The minimum absolute atomic E-state index is 0.0537. The Morgan fingerprint density at radius 3 is 2.50 bits per heavy atom. The van der Waals surface area contributed by atoms with E-state index in [-0.39, 0.29) is 36.7 Å². The number of quaternary nitrogens is 1. The van der Waals surface area contributed by atoms with E-state index in [4.69, 9.17) is 19.9 Å². The van der Waals surface area contributed by atoms with Gasteiger partial charge in [-0.25, -0.2) is 10.2 Å². The normalized spacial score (nSPS) is 42.4. The zero-order valence-electron chi connectivity index (χ0n) is 17.1. The van der Waals surface area contributed by atoms with Crippen molar-refractivity contribution in [1.82, 2.24) is 15.1 Å². The Balaban J connectivity index is 1.32. The molecule has 0 aromatic rings. The van der Waals surface area contributed by atoms with Gasteiger partial charge in [-0.1, -0.05) is 0 Å². The summed E-state index contributed by atoms with van der Waals surface area (Å²) in [5.41, 5.74) is 6.51. The first-order chi connectivity index (χ1) is 13.6. The highest BCUT2D eigenvalue weighted by Gasteiger charge is 2.48. The van der Waals surface area contributed by atoms with Gasteiger partial charge in [0.1, 0.15) is 6.10 Å². The van der Waals surface area contributed by atoms with Crippen LogP contribution in [0.5, 0.6) is 0 Å². The minimum Gasteiger partial charge on any atom is -0.379 e. The first-order valence-electron chi connectivity index (χ1n) is 10.7. The number of piperazine rings is 1. The highest BCUT2D eigenvalue weighted by Crippen LogP contribution is 2.29. The van der Waals surface area contributed by atoms with Crippen molar-refractivity contribution < 1.29 is 24.3 Å². The smallest absolute Gasteiger partial charge is 0.251 e. The summed E-state index contributed by atoms with van der Waals surface area (Å²) in [4.78, 5) is 16.9. The number of hydrogen-bond donors (Lipinski definition) is 3. The van der Waals surface area contributed by atoms with Gasteiger partial charge in [-0.05, 0) is 19.3 Å². The Labute approximate surface area is 167 Å². The molecule has 28 heavy (non-hydrogen) atoms. The second-order valence-electron chi connectivity index (χ2n) is 8.54. The van der Waals surface area contributed by atoms with Gasteiger partial charge in [-0.2, -0.15) is 0 Å². The molecule has 1 amide bonds. The zero-order chi connectivity index (χ0) is 19.7. The van der Waals surface area contributed by atoms with Gasteiger partial charge in [0, 0.05) is 59.3 Å². The van der Waals surface area contributed by atoms with E-state index in [2.05, 4.69) is 15.5 Å². The van der Waals surface area contributed by atoms with Gasteiger partial charge in [-0.15, -0.1) is 0 Å². The molecule has 1 aliphatic carbocycles. The predicted molar refractivity (Wildman–Crippen MR) is 102 cm³/mol. The third-order valence-corrected chi connectivity index (χ3v) is 7.06. The second kappa shape index (κ2) is 8.91. The average Bonchev–Trinajstić information content (AvgIpc) is 3.27. The van der Waals surface area contributed by atoms with Crippen LogP contribution in [0.15, 0.2) is 0 Å². The van der Waals surface area contributed by atoms with E-state index in [0.29, 0.717) is 18.6 Å². The van der Waals surface area contributed by atoms with E-state index in [0.717, 1.165) is 51.9 Å². The summed E-state index contributed by atoms with van der Waals surface area (Å²) < 4.78 is 16.9. The van der Waals surface area contributed by atoms with Gasteiger partial charge < -0.3 is 30.2 Å². The van der Waals surface area contributed by atoms with Gasteiger partial charge >= 0.3 is 0 Å². The zero-order valence-corrected chi connectivity index (χ0v) is 17.1. The molecule has 0 aromatic carbocycles. The van der Waals surface area contributed by atoms with Crippen LogP contribution in [0.3, 0.4) is 0 Å². The maximum absolute atomic E-state index is 12.6. The van der Waals surface area contributed by atoms with Crippen LogP contribution in [0, 0.1) is 5.92 Å². The molecule has 4 rings (SSSR count). The highest BCUT2D eigenvalue weighted by molar-refractivity contribution is 5.81. The molecule has 4 aliphatic rings. The number of nitrogens with one attached hydrogen (secondary N) is 1. The molecule has 5 N–H and O–H groups in total. The van der Waals surface area contributed by atoms with E-state index >= 15 is 0 Å². The molecular weight excluding hydrogens is 362 g/mol. The fourth-order valence-corrected chi connectivity index (χ4v) is 5.35. The van der Waals surface area contributed by atoms with Crippen molar-refractivity contribution in [2.45, 2.75) is 62.5 Å². The summed E-state index contributed by atoms with van der Waals surface area (Å²) in [5, 5.41) is 5.99. The second-order valence-corrected chi connectivity index (χ2v) is 8.54. The van der Waals surface area contributed by atoms with Gasteiger partial charge in [0.15, 0.2) is 0 Å². The number of carbonyl (C=O) groups is 1. The number of methoxy groups -OCH3 is 2. The number of amides is 1. The fraction of sp³-hybridized carbons (Fsp3) is 0.947. The summed E-state index contributed by atoms with van der Waals surface area (Å²) in [6, 6.07) is 0.421. The van der Waals surface area contributed by atoms with Crippen molar-refractivity contribution in [3.05, 3.63) is 0 Å². The fourth-order valence-electron chi connectivity index (χ4n) is 5.35. The summed E-state index contributed by atoms with van der Waals surface area (Å²) in [6.45, 7) is 3.92. The molecule has 7 atom stereocenters. The molecular formula is C19H36N5O4+. The van der Waals surface area contributed by atoms with E-state index in [9.17, 15) is 4.79 Å². The van der Waals surface area contributed by atoms with Crippen molar-refractivity contribution in [2.24, 2.45) is 11.7 Å². The highest BCUT2D eigenvalue weighted by atomic mass is 16.5. The van der Waals surface area contributed by atoms with Crippen molar-refractivity contribution >= 4 is 5.91 Å². The van der Waals surface area contributed by atoms with Crippen LogP contribution in [0.25, 0.3) is 0 Å². The summed E-state index contributed by atoms with van der Waals surface area (Å²) in [5.74, 6) is 0.533. The molecule has 9 heteroatoms. The predicted octanol–water partition coefficient (Wildman–Crippen LogP) is -2.15. The first-order valence-corrected chi connectivity index (χ1v) is 10.7. The molecule has 0 spiro atoms. The Kier molecular flexibility index (Phi) is 6.51. The van der Waals surface area contributed by atoms with Crippen LogP contribution in [-0.2, 0) is 19.0 Å². The third kappa shape index (κ3) is 4.07. The summed E-state index contributed by atoms with van der Waals surface area (Å²) >= 11 is 0. The van der Waals surface area contributed by atoms with Crippen molar-refractivity contribution in [2.75, 3.05) is 47.0 Å². The Morgan fingerprint density at radius 2 is 1.86 bits per heavy atom. The molecule has 0 aromatic heterocycles. The summed E-state index contributed by atoms with van der Waals surface area (Å²) in [7, 11) is 3.52. The van der Waals surface area contributed by atoms with Crippen LogP contribution in [0.4, 0.5) is 0 Å². The molecule has 160 valence electrons. The van der Waals surface area contributed by atoms with E-state index in [1.54, 1.807) is 14.2 Å². The van der Waals surface area contributed by atoms with Gasteiger partial charge in [-0.3, -0.25) is 4.79 Å². The Bertz CT molecular complexity index is 538. The van der Waals surface area contributed by atoms with Crippen LogP contribution in [0.2, 0.25) is 0 Å². The molecule has 4 fully saturated rings. The average molecular weight is 399 g/mol. The van der Waals surface area contributed by atoms with Crippen LogP contribution < -0.4 is 16.4 Å². The van der Waals surface area contributed by atoms with Crippen molar-refractivity contribution in [3.63, 3.8) is 0 Å². The van der Waals surface area contributed by atoms with Crippen LogP contribution in [-0.4, -0.2) is 99.5 Å². The number of nitrogens with zero attached hydrogens (tertiary/aromatic N) is 2. The van der Waals surface area contributed by atoms with E-state index < -0.39 is 0 Å². The Morgan fingerprint density at radius 1 is 1.14 bits per heavy atom. The van der Waals surface area contributed by atoms with E-state index in [1.807, 2.05) is 4.90 Å². The van der Waals surface area contributed by atoms with Crippen molar-refractivity contribution in [3.8, 4) is 0 Å². The first kappa shape index (κ1) is 20.5. The molecule has 1 saturated carbocycles. The number of nitrogens with two attached hydrogens (primary N) is 2. The molecule has 3 aliphatic heterocycles. The lowest BCUT2D eigenvalue weighted by Crippen LogP contribution is -3.06. The lowest BCUT2D eigenvalue weighted by molar-refractivity contribution is -0.764. The molecule has 3 saturated heterocycles. The lowest BCUT2D eigenvalue weighted by Gasteiger charge is -2.49.